The van der Waals surface area contributed by atoms with Crippen LogP contribution in [-0.2, 0) is 26.9 Å². The van der Waals surface area contributed by atoms with Gasteiger partial charge in [0.15, 0.2) is 0 Å². The number of allylic oxidation sites excluding steroid dienone is 5. The Labute approximate surface area is 409 Å². The lowest BCUT2D eigenvalue weighted by Gasteiger charge is -2.20. The number of fused-ring (bicyclic) bond motifs is 15. The average molecular weight is 910 g/mol. The van der Waals surface area contributed by atoms with E-state index in [2.05, 4.69) is 199 Å². The highest BCUT2D eigenvalue weighted by atomic mass is 14.9. The van der Waals surface area contributed by atoms with Crippen LogP contribution in [-0.4, -0.2) is 25.3 Å². The monoisotopic (exact) mass is 909 g/mol. The van der Waals surface area contributed by atoms with E-state index in [1.165, 1.54) is 144 Å². The molecule has 5 nitrogen and oxygen atoms in total. The van der Waals surface area contributed by atoms with E-state index in [0.717, 1.165) is 18.4 Å². The van der Waals surface area contributed by atoms with Gasteiger partial charge in [-0.3, -0.25) is 0 Å². The summed E-state index contributed by atoms with van der Waals surface area (Å²) in [5, 5.41) is 16.5. The van der Waals surface area contributed by atoms with Crippen LogP contribution >= 0.6 is 0 Å². The minimum Gasteiger partial charge on any atom is -0.354 e. The quantitative estimate of drug-likeness (QED) is 0.116. The average Bonchev–Trinajstić information content (AvgIpc) is 4.11. The van der Waals surface area contributed by atoms with Crippen LogP contribution in [0.5, 0.6) is 0 Å². The summed E-state index contributed by atoms with van der Waals surface area (Å²) in [6, 6.07) is 54.7. The van der Waals surface area contributed by atoms with Crippen LogP contribution in [0, 0.1) is 5.41 Å². The maximum Gasteiger partial charge on any atom is 0.0489 e. The van der Waals surface area contributed by atoms with Crippen molar-refractivity contribution < 1.29 is 0 Å². The molecule has 13 rings (SSSR count). The second-order valence-electron chi connectivity index (χ2n) is 18.6. The van der Waals surface area contributed by atoms with Gasteiger partial charge < -0.3 is 24.5 Å². The van der Waals surface area contributed by atoms with E-state index in [1.54, 1.807) is 13.0 Å². The molecule has 0 fully saturated rings. The molecular weight excluding hydrogens is 851 g/mol. The lowest BCUT2D eigenvalue weighted by atomic mass is 9.84. The van der Waals surface area contributed by atoms with Crippen molar-refractivity contribution in [1.82, 2.24) is 19.1 Å². The van der Waals surface area contributed by atoms with E-state index >= 15 is 0 Å². The summed E-state index contributed by atoms with van der Waals surface area (Å²) in [5.74, 6) is 0. The Balaban J connectivity index is 0.000000361. The molecule has 4 heterocycles. The number of rotatable bonds is 4. The van der Waals surface area contributed by atoms with Gasteiger partial charge >= 0.3 is 0 Å². The fourth-order valence-electron chi connectivity index (χ4n) is 10.3. The largest absolute Gasteiger partial charge is 0.354 e. The van der Waals surface area contributed by atoms with E-state index in [9.17, 15) is 0 Å². The topological polar surface area (TPSA) is 65.3 Å². The van der Waals surface area contributed by atoms with Gasteiger partial charge in [0.1, 0.15) is 0 Å². The molecule has 3 N–H and O–H groups in total. The zero-order chi connectivity index (χ0) is 48.8. The van der Waals surface area contributed by atoms with Crippen LogP contribution in [0.2, 0.25) is 0 Å². The minimum absolute atomic E-state index is 1.02. The van der Waals surface area contributed by atoms with Gasteiger partial charge in [0, 0.05) is 101 Å². The molecule has 0 atom stereocenters. The molecule has 0 aliphatic heterocycles. The molecule has 70 heavy (non-hydrogen) atoms. The lowest BCUT2D eigenvalue weighted by Crippen LogP contribution is -2.04. The van der Waals surface area contributed by atoms with E-state index in [1.807, 2.05) is 32.9 Å². The lowest BCUT2D eigenvalue weighted by molar-refractivity contribution is 0.946. The fraction of sp³-hybridized carbons (Fsp3) is 0.123. The number of aromatic amines is 2. The number of nitrogens with zero attached hydrogens (tertiary/aromatic N) is 2. The van der Waals surface area contributed by atoms with E-state index in [-0.39, 0.29) is 0 Å². The predicted molar refractivity (Wildman–Crippen MR) is 306 cm³/mol. The normalized spacial score (nSPS) is 12.1. The third-order valence-electron chi connectivity index (χ3n) is 14.2. The van der Waals surface area contributed by atoms with Crippen LogP contribution < -0.4 is 0 Å². The number of hydrogen-bond donors (Lipinski definition) is 3. The Kier molecular flexibility index (Phi) is 12.0. The Bertz CT molecular complexity index is 3850. The molecule has 5 heteroatoms. The summed E-state index contributed by atoms with van der Waals surface area (Å²) in [5.41, 5.74) is 22.6. The van der Waals surface area contributed by atoms with Gasteiger partial charge in [0.25, 0.3) is 0 Å². The number of para-hydroxylation sites is 2. The fourth-order valence-corrected chi connectivity index (χ4v) is 10.3. The van der Waals surface area contributed by atoms with Crippen molar-refractivity contribution in [2.24, 2.45) is 14.1 Å². The molecule has 0 radical (unpaired) electrons. The summed E-state index contributed by atoms with van der Waals surface area (Å²) in [6.45, 7) is 18.2. The summed E-state index contributed by atoms with van der Waals surface area (Å²) in [4.78, 5) is 7.57. The van der Waals surface area contributed by atoms with Crippen molar-refractivity contribution in [3.8, 4) is 33.4 Å². The molecule has 8 aromatic carbocycles. The number of benzene rings is 8. The van der Waals surface area contributed by atoms with E-state index < -0.39 is 0 Å². The number of hydrogen-bond acceptors (Lipinski definition) is 1. The Hall–Kier alpha value is -8.41. The molecule has 344 valence electrons. The van der Waals surface area contributed by atoms with Gasteiger partial charge in [-0.1, -0.05) is 110 Å². The van der Waals surface area contributed by atoms with Crippen molar-refractivity contribution >= 4 is 93.4 Å². The highest BCUT2D eigenvalue weighted by molar-refractivity contribution is 6.14. The summed E-state index contributed by atoms with van der Waals surface area (Å²) in [6.07, 6.45) is 8.89. The molecule has 4 aromatic heterocycles. The second kappa shape index (κ2) is 18.6. The van der Waals surface area contributed by atoms with Gasteiger partial charge in [-0.2, -0.15) is 0 Å². The first-order chi connectivity index (χ1) is 34.0. The summed E-state index contributed by atoms with van der Waals surface area (Å²) < 4.78 is 4.60. The summed E-state index contributed by atoms with van der Waals surface area (Å²) in [7, 11) is 4.32. The summed E-state index contributed by atoms with van der Waals surface area (Å²) >= 11 is 0. The molecule has 1 aliphatic carbocycles. The zero-order valence-corrected chi connectivity index (χ0v) is 41.1. The standard InChI is InChI=1S/C52H36N4.C6H10.C5H8.C2H5N/c1-55-49-9-5-3-7-35(49)43-23-31(15-19-51(43)55)29-13-17-45-39(21-29)41-25-33-11-12-34-26-42-40-22-30(14-18-46(40)54-48(42)28-38(34)37(33)27-47(41)53-45)32-16-20-52-44(24-32)36-8-4-6-10-50(36)56(52)2;1-4-6(3)5-2;1-4-5(2)3;1-2-3/h3-10,13-28,53-54H,11-12H2,1-2H3;4-5H,1H2,2-3H3;4H,1-2H2,3H3;2-3H,1H3/b;6-5-;;. The van der Waals surface area contributed by atoms with Crippen molar-refractivity contribution in [2.45, 2.75) is 40.5 Å². The molecule has 0 spiro atoms. The van der Waals surface area contributed by atoms with E-state index in [4.69, 9.17) is 5.41 Å². The molecule has 0 unspecified atom stereocenters. The maximum atomic E-state index is 6.08. The van der Waals surface area contributed by atoms with Crippen LogP contribution in [0.1, 0.15) is 38.8 Å². The van der Waals surface area contributed by atoms with Gasteiger partial charge in [-0.05, 0) is 176 Å². The van der Waals surface area contributed by atoms with Crippen molar-refractivity contribution in [2.75, 3.05) is 0 Å². The highest BCUT2D eigenvalue weighted by Crippen LogP contribution is 2.43. The predicted octanol–water partition coefficient (Wildman–Crippen LogP) is 17.9. The molecule has 12 aromatic rings. The third kappa shape index (κ3) is 7.93. The smallest absolute Gasteiger partial charge is 0.0489 e. The van der Waals surface area contributed by atoms with Gasteiger partial charge in [0.2, 0.25) is 0 Å². The van der Waals surface area contributed by atoms with Crippen LogP contribution in [0.3, 0.4) is 0 Å². The highest BCUT2D eigenvalue weighted by Gasteiger charge is 2.21. The van der Waals surface area contributed by atoms with Crippen molar-refractivity contribution in [3.05, 3.63) is 206 Å². The van der Waals surface area contributed by atoms with Gasteiger partial charge in [-0.25, -0.2) is 0 Å². The van der Waals surface area contributed by atoms with Crippen LogP contribution in [0.15, 0.2) is 195 Å². The molecule has 0 amide bonds. The molecule has 1 aliphatic rings. The van der Waals surface area contributed by atoms with Crippen molar-refractivity contribution in [1.29, 1.82) is 5.41 Å². The van der Waals surface area contributed by atoms with Gasteiger partial charge in [-0.15, -0.1) is 0 Å². The second-order valence-corrected chi connectivity index (χ2v) is 18.6. The Morgan fingerprint density at radius 3 is 1.20 bits per heavy atom. The first-order valence-corrected chi connectivity index (χ1v) is 24.1. The SMILES string of the molecule is C=C/C(C)=C\C.C=CC(=C)C.CC=N.Cn1c2ccccc2c2cc(-c3ccc4[nH]c5cc6c(cc5c4c3)CCc3cc4c(cc3-6)[nH]c3ccc(-c5ccc6c(c5)c5ccccc5n6C)cc34)ccc21. The number of H-pyrrole nitrogens is 2. The Morgan fingerprint density at radius 2 is 0.829 bits per heavy atom. The maximum absolute atomic E-state index is 6.08. The number of aryl methyl sites for hydroxylation is 4. The molecule has 0 bridgehead atoms. The minimum atomic E-state index is 1.02. The Morgan fingerprint density at radius 1 is 0.471 bits per heavy atom. The number of aromatic nitrogens is 4. The number of nitrogens with one attached hydrogen (secondary N) is 3. The first-order valence-electron chi connectivity index (χ1n) is 24.1. The zero-order valence-electron chi connectivity index (χ0n) is 41.1. The molecular formula is C65H59N5. The van der Waals surface area contributed by atoms with E-state index in [0.29, 0.717) is 0 Å². The van der Waals surface area contributed by atoms with Gasteiger partial charge in [0.05, 0.1) is 0 Å². The van der Waals surface area contributed by atoms with Crippen LogP contribution in [0.25, 0.3) is 121 Å². The molecule has 0 saturated carbocycles. The first kappa shape index (κ1) is 45.4. The molecule has 0 saturated heterocycles. The third-order valence-corrected chi connectivity index (χ3v) is 14.2. The van der Waals surface area contributed by atoms with Crippen molar-refractivity contribution in [3.63, 3.8) is 0 Å². The van der Waals surface area contributed by atoms with Crippen LogP contribution in [0.4, 0.5) is 0 Å².